The molecule has 3 N–H and O–H groups in total. The second-order valence-corrected chi connectivity index (χ2v) is 7.06. The molecule has 1 aromatic rings. The zero-order valence-corrected chi connectivity index (χ0v) is 14.7. The summed E-state index contributed by atoms with van der Waals surface area (Å²) in [5.74, 6) is -1.59. The normalized spacial score (nSPS) is 14.1. The average Bonchev–Trinajstić information content (AvgIpc) is 2.54. The molecular formula is C17H23ClFNO4. The van der Waals surface area contributed by atoms with Crippen molar-refractivity contribution >= 4 is 23.3 Å². The molecule has 134 valence electrons. The van der Waals surface area contributed by atoms with E-state index in [1.165, 1.54) is 12.1 Å². The maximum atomic E-state index is 13.1. The van der Waals surface area contributed by atoms with Crippen LogP contribution in [0.15, 0.2) is 18.2 Å². The van der Waals surface area contributed by atoms with Gasteiger partial charge in [0.05, 0.1) is 11.6 Å². The van der Waals surface area contributed by atoms with Gasteiger partial charge >= 0.3 is 0 Å². The Morgan fingerprint density at radius 1 is 1.38 bits per heavy atom. The van der Waals surface area contributed by atoms with Crippen LogP contribution in [-0.4, -0.2) is 41.2 Å². The predicted molar refractivity (Wildman–Crippen MR) is 89.4 cm³/mol. The van der Waals surface area contributed by atoms with Crippen LogP contribution < -0.4 is 5.32 Å². The van der Waals surface area contributed by atoms with Gasteiger partial charge in [0.25, 0.3) is 0 Å². The van der Waals surface area contributed by atoms with Crippen molar-refractivity contribution < 1.29 is 24.2 Å². The minimum absolute atomic E-state index is 0.115. The lowest BCUT2D eigenvalue weighted by Crippen LogP contribution is -2.46. The highest BCUT2D eigenvalue weighted by Gasteiger charge is 2.32. The molecule has 0 radical (unpaired) electrons. The van der Waals surface area contributed by atoms with E-state index >= 15 is 0 Å². The Labute approximate surface area is 145 Å². The monoisotopic (exact) mass is 359 g/mol. The molecule has 7 heteroatoms. The van der Waals surface area contributed by atoms with E-state index in [1.807, 2.05) is 0 Å². The summed E-state index contributed by atoms with van der Waals surface area (Å²) in [4.78, 5) is 24.0. The van der Waals surface area contributed by atoms with Crippen LogP contribution in [0, 0.1) is 17.2 Å². The van der Waals surface area contributed by atoms with Gasteiger partial charge in [-0.05, 0) is 24.1 Å². The fraction of sp³-hybridized carbons (Fsp3) is 0.529. The molecule has 24 heavy (non-hydrogen) atoms. The minimum Gasteiger partial charge on any atom is -0.396 e. The van der Waals surface area contributed by atoms with Gasteiger partial charge < -0.3 is 15.5 Å². The summed E-state index contributed by atoms with van der Waals surface area (Å²) in [6.45, 7) is 4.77. The molecule has 5 nitrogen and oxygen atoms in total. The van der Waals surface area contributed by atoms with Crippen LogP contribution in [-0.2, 0) is 4.79 Å². The van der Waals surface area contributed by atoms with Crippen molar-refractivity contribution in [3.63, 3.8) is 0 Å². The fourth-order valence-electron chi connectivity index (χ4n) is 1.99. The van der Waals surface area contributed by atoms with Crippen molar-refractivity contribution in [2.24, 2.45) is 11.3 Å². The van der Waals surface area contributed by atoms with Gasteiger partial charge in [0.15, 0.2) is 5.78 Å². The van der Waals surface area contributed by atoms with Crippen molar-refractivity contribution in [2.45, 2.75) is 33.3 Å². The topological polar surface area (TPSA) is 86.6 Å². The molecule has 1 amide bonds. The zero-order valence-electron chi connectivity index (χ0n) is 14.0. The van der Waals surface area contributed by atoms with Crippen molar-refractivity contribution in [3.05, 3.63) is 34.6 Å². The number of benzene rings is 1. The van der Waals surface area contributed by atoms with Crippen LogP contribution in [0.1, 0.15) is 37.6 Å². The van der Waals surface area contributed by atoms with Gasteiger partial charge in [-0.2, -0.15) is 0 Å². The predicted octanol–water partition coefficient (Wildman–Crippen LogP) is 2.18. The third kappa shape index (κ3) is 5.54. The number of aliphatic hydroxyl groups excluding tert-OH is 2. The second kappa shape index (κ2) is 8.55. The smallest absolute Gasteiger partial charge is 0.249 e. The van der Waals surface area contributed by atoms with E-state index in [9.17, 15) is 19.1 Å². The fourth-order valence-corrected chi connectivity index (χ4v) is 2.17. The van der Waals surface area contributed by atoms with Crippen molar-refractivity contribution in [1.29, 1.82) is 0 Å². The molecule has 0 aliphatic rings. The maximum absolute atomic E-state index is 13.1. The molecule has 0 spiro atoms. The molecule has 0 fully saturated rings. The SMILES string of the molecule is C[C@@H](CNC(=O)[C@H](O)C(C)(C)CO)CC(=O)c1ccc(F)c(Cl)c1. The summed E-state index contributed by atoms with van der Waals surface area (Å²) in [7, 11) is 0. The number of nitrogens with one attached hydrogen (secondary N) is 1. The summed E-state index contributed by atoms with van der Waals surface area (Å²) in [5, 5.41) is 21.5. The highest BCUT2D eigenvalue weighted by atomic mass is 35.5. The van der Waals surface area contributed by atoms with Crippen molar-refractivity contribution in [3.8, 4) is 0 Å². The Kier molecular flexibility index (Phi) is 7.32. The number of ketones is 1. The van der Waals surface area contributed by atoms with E-state index in [4.69, 9.17) is 16.7 Å². The van der Waals surface area contributed by atoms with Gasteiger partial charge in [0.2, 0.25) is 5.91 Å². The number of hydrogen-bond donors (Lipinski definition) is 3. The third-order valence-corrected chi connectivity index (χ3v) is 4.09. The number of hydrogen-bond acceptors (Lipinski definition) is 4. The Bertz CT molecular complexity index is 606. The van der Waals surface area contributed by atoms with E-state index in [0.717, 1.165) is 6.07 Å². The van der Waals surface area contributed by atoms with E-state index in [1.54, 1.807) is 20.8 Å². The first kappa shape index (κ1) is 20.5. The molecule has 1 rings (SSSR count). The maximum Gasteiger partial charge on any atom is 0.249 e. The van der Waals surface area contributed by atoms with Crippen LogP contribution in [0.25, 0.3) is 0 Å². The molecule has 0 aliphatic heterocycles. The summed E-state index contributed by atoms with van der Waals surface area (Å²) in [5.41, 5.74) is -0.644. The number of amides is 1. The minimum atomic E-state index is -1.35. The van der Waals surface area contributed by atoms with Crippen molar-refractivity contribution in [1.82, 2.24) is 5.32 Å². The molecular weight excluding hydrogens is 337 g/mol. The lowest BCUT2D eigenvalue weighted by Gasteiger charge is -2.27. The molecule has 0 aliphatic carbocycles. The lowest BCUT2D eigenvalue weighted by molar-refractivity contribution is -0.137. The highest BCUT2D eigenvalue weighted by Crippen LogP contribution is 2.20. The van der Waals surface area contributed by atoms with Crippen LogP contribution in [0.2, 0.25) is 5.02 Å². The average molecular weight is 360 g/mol. The summed E-state index contributed by atoms with van der Waals surface area (Å²) in [6, 6.07) is 3.77. The van der Waals surface area contributed by atoms with Gasteiger partial charge in [0.1, 0.15) is 11.9 Å². The van der Waals surface area contributed by atoms with Crippen LogP contribution in [0.4, 0.5) is 4.39 Å². The number of aliphatic hydroxyl groups is 2. The molecule has 1 aromatic carbocycles. The molecule has 0 saturated heterocycles. The molecule has 0 unspecified atom stereocenters. The van der Waals surface area contributed by atoms with Crippen LogP contribution >= 0.6 is 11.6 Å². The van der Waals surface area contributed by atoms with E-state index in [-0.39, 0.29) is 36.3 Å². The number of rotatable bonds is 8. The number of halogens is 2. The first-order chi connectivity index (χ1) is 11.1. The second-order valence-electron chi connectivity index (χ2n) is 6.66. The zero-order chi connectivity index (χ0) is 18.5. The number of carbonyl (C=O) groups is 2. The number of Topliss-reactive ketones (excluding diaryl/α,β-unsaturated/α-hetero) is 1. The van der Waals surface area contributed by atoms with Gasteiger partial charge in [-0.3, -0.25) is 9.59 Å². The van der Waals surface area contributed by atoms with Crippen LogP contribution in [0.3, 0.4) is 0 Å². The first-order valence-electron chi connectivity index (χ1n) is 7.63. The molecule has 0 aromatic heterocycles. The van der Waals surface area contributed by atoms with Crippen molar-refractivity contribution in [2.75, 3.05) is 13.2 Å². The third-order valence-electron chi connectivity index (χ3n) is 3.80. The van der Waals surface area contributed by atoms with Gasteiger partial charge in [-0.1, -0.05) is 32.4 Å². The standard InChI is InChI=1S/C17H23ClFNO4/c1-10(8-20-16(24)15(23)17(2,3)9-21)6-14(22)11-4-5-13(19)12(18)7-11/h4-5,7,10,15,21,23H,6,8-9H2,1-3H3,(H,20,24)/t10-,15+/m1/s1. The Morgan fingerprint density at radius 3 is 2.54 bits per heavy atom. The summed E-state index contributed by atoms with van der Waals surface area (Å²) < 4.78 is 13.1. The van der Waals surface area contributed by atoms with Crippen LogP contribution in [0.5, 0.6) is 0 Å². The first-order valence-corrected chi connectivity index (χ1v) is 8.01. The Morgan fingerprint density at radius 2 is 2.00 bits per heavy atom. The Hall–Kier alpha value is -1.50. The van der Waals surface area contributed by atoms with E-state index in [0.29, 0.717) is 5.56 Å². The Balaban J connectivity index is 2.54. The lowest BCUT2D eigenvalue weighted by atomic mass is 9.87. The van der Waals surface area contributed by atoms with E-state index < -0.39 is 23.2 Å². The van der Waals surface area contributed by atoms with Gasteiger partial charge in [0, 0.05) is 23.9 Å². The number of carbonyl (C=O) groups excluding carboxylic acids is 2. The highest BCUT2D eigenvalue weighted by molar-refractivity contribution is 6.31. The quantitative estimate of drug-likeness (QED) is 0.621. The summed E-state index contributed by atoms with van der Waals surface area (Å²) >= 11 is 5.66. The largest absolute Gasteiger partial charge is 0.396 e. The molecule has 2 atom stereocenters. The molecule has 0 heterocycles. The van der Waals surface area contributed by atoms with Gasteiger partial charge in [-0.25, -0.2) is 4.39 Å². The summed E-state index contributed by atoms with van der Waals surface area (Å²) in [6.07, 6.45) is -1.21. The van der Waals surface area contributed by atoms with E-state index in [2.05, 4.69) is 5.32 Å². The molecule has 0 bridgehead atoms. The van der Waals surface area contributed by atoms with Gasteiger partial charge in [-0.15, -0.1) is 0 Å². The molecule has 0 saturated carbocycles.